The zero-order valence-corrected chi connectivity index (χ0v) is 12.8. The minimum atomic E-state index is -0.305. The summed E-state index contributed by atoms with van der Waals surface area (Å²) in [5.41, 5.74) is 1.52. The Morgan fingerprint density at radius 3 is 2.76 bits per heavy atom. The van der Waals surface area contributed by atoms with Gasteiger partial charge in [0.05, 0.1) is 0 Å². The normalized spacial score (nSPS) is 10.6. The van der Waals surface area contributed by atoms with Crippen LogP contribution in [0.5, 0.6) is 5.75 Å². The molecule has 0 saturated heterocycles. The largest absolute Gasteiger partial charge is 0.488 e. The van der Waals surface area contributed by atoms with Gasteiger partial charge in [-0.2, -0.15) is 0 Å². The number of hydrogen-bond acceptors (Lipinski definition) is 2. The van der Waals surface area contributed by atoms with Crippen LogP contribution in [0.4, 0.5) is 4.39 Å². The average Bonchev–Trinajstić information content (AvgIpc) is 2.49. The lowest BCUT2D eigenvalue weighted by Gasteiger charge is -2.12. The van der Waals surface area contributed by atoms with Gasteiger partial charge >= 0.3 is 0 Å². The van der Waals surface area contributed by atoms with Crippen LogP contribution in [0.2, 0.25) is 5.02 Å². The monoisotopic (exact) mass is 307 g/mol. The molecule has 0 heterocycles. The maximum absolute atomic E-state index is 13.7. The van der Waals surface area contributed by atoms with Crippen molar-refractivity contribution >= 4 is 11.6 Å². The van der Waals surface area contributed by atoms with Crippen molar-refractivity contribution in [2.24, 2.45) is 0 Å². The molecule has 0 fully saturated rings. The zero-order valence-electron chi connectivity index (χ0n) is 12.0. The van der Waals surface area contributed by atoms with Crippen LogP contribution in [0, 0.1) is 5.82 Å². The van der Waals surface area contributed by atoms with Gasteiger partial charge in [0.25, 0.3) is 0 Å². The van der Waals surface area contributed by atoms with E-state index in [-0.39, 0.29) is 12.4 Å². The van der Waals surface area contributed by atoms with Gasteiger partial charge in [-0.3, -0.25) is 0 Å². The first-order valence-corrected chi connectivity index (χ1v) is 7.44. The summed E-state index contributed by atoms with van der Waals surface area (Å²) in [6, 6.07) is 12.3. The molecule has 1 N–H and O–H groups in total. The van der Waals surface area contributed by atoms with Crippen LogP contribution in [-0.4, -0.2) is 6.54 Å². The van der Waals surface area contributed by atoms with Gasteiger partial charge in [0.2, 0.25) is 0 Å². The molecule has 2 aromatic rings. The Bertz CT molecular complexity index is 589. The number of halogens is 2. The number of rotatable bonds is 7. The summed E-state index contributed by atoms with van der Waals surface area (Å²) in [7, 11) is 0. The number of benzene rings is 2. The molecule has 0 aliphatic carbocycles. The SMILES string of the molecule is CCCNCc1ccccc1OCc1cc(Cl)ccc1F. The fourth-order valence-corrected chi connectivity index (χ4v) is 2.19. The molecule has 0 bridgehead atoms. The van der Waals surface area contributed by atoms with Crippen molar-refractivity contribution in [3.8, 4) is 5.75 Å². The highest BCUT2D eigenvalue weighted by atomic mass is 35.5. The molecule has 0 saturated carbocycles. The van der Waals surface area contributed by atoms with Crippen molar-refractivity contribution in [3.05, 3.63) is 64.4 Å². The van der Waals surface area contributed by atoms with E-state index in [0.717, 1.165) is 30.8 Å². The number of para-hydroxylation sites is 1. The Morgan fingerprint density at radius 2 is 1.95 bits per heavy atom. The van der Waals surface area contributed by atoms with Crippen LogP contribution in [-0.2, 0) is 13.2 Å². The smallest absolute Gasteiger partial charge is 0.129 e. The van der Waals surface area contributed by atoms with Crippen LogP contribution >= 0.6 is 11.6 Å². The first-order chi connectivity index (χ1) is 10.2. The molecule has 0 amide bonds. The van der Waals surface area contributed by atoms with Crippen LogP contribution < -0.4 is 10.1 Å². The summed E-state index contributed by atoms with van der Waals surface area (Å²) in [5, 5.41) is 3.84. The van der Waals surface area contributed by atoms with E-state index in [4.69, 9.17) is 16.3 Å². The van der Waals surface area contributed by atoms with E-state index < -0.39 is 0 Å². The highest BCUT2D eigenvalue weighted by Crippen LogP contribution is 2.21. The molecule has 112 valence electrons. The number of nitrogens with one attached hydrogen (secondary N) is 1. The maximum atomic E-state index is 13.7. The van der Waals surface area contributed by atoms with Gasteiger partial charge in [-0.15, -0.1) is 0 Å². The zero-order chi connectivity index (χ0) is 15.1. The predicted octanol–water partition coefficient (Wildman–Crippen LogP) is 4.56. The number of ether oxygens (including phenoxy) is 1. The first kappa shape index (κ1) is 15.8. The van der Waals surface area contributed by atoms with E-state index in [1.807, 2.05) is 24.3 Å². The molecular formula is C17H19ClFNO. The minimum Gasteiger partial charge on any atom is -0.488 e. The molecule has 0 atom stereocenters. The van der Waals surface area contributed by atoms with E-state index >= 15 is 0 Å². The van der Waals surface area contributed by atoms with Crippen molar-refractivity contribution in [3.63, 3.8) is 0 Å². The van der Waals surface area contributed by atoms with E-state index in [1.165, 1.54) is 12.1 Å². The third-order valence-corrected chi connectivity index (χ3v) is 3.34. The summed E-state index contributed by atoms with van der Waals surface area (Å²) < 4.78 is 19.4. The Hall–Kier alpha value is -1.58. The van der Waals surface area contributed by atoms with Crippen LogP contribution in [0.1, 0.15) is 24.5 Å². The molecular weight excluding hydrogens is 289 g/mol. The van der Waals surface area contributed by atoms with E-state index in [1.54, 1.807) is 6.07 Å². The van der Waals surface area contributed by atoms with Crippen LogP contribution in [0.15, 0.2) is 42.5 Å². The lowest BCUT2D eigenvalue weighted by Crippen LogP contribution is -2.14. The summed E-state index contributed by atoms with van der Waals surface area (Å²) in [4.78, 5) is 0. The summed E-state index contributed by atoms with van der Waals surface area (Å²) in [6.45, 7) is 3.98. The second-order valence-electron chi connectivity index (χ2n) is 4.81. The van der Waals surface area contributed by atoms with Crippen molar-refractivity contribution in [1.82, 2.24) is 5.32 Å². The molecule has 2 rings (SSSR count). The van der Waals surface area contributed by atoms with E-state index in [2.05, 4.69) is 12.2 Å². The molecule has 0 aromatic heterocycles. The fraction of sp³-hybridized carbons (Fsp3) is 0.294. The van der Waals surface area contributed by atoms with Gasteiger partial charge in [0.1, 0.15) is 18.2 Å². The van der Waals surface area contributed by atoms with Crippen LogP contribution in [0.3, 0.4) is 0 Å². The average molecular weight is 308 g/mol. The summed E-state index contributed by atoms with van der Waals surface area (Å²) >= 11 is 5.88. The van der Waals surface area contributed by atoms with Gasteiger partial charge in [-0.25, -0.2) is 4.39 Å². The molecule has 2 aromatic carbocycles. The maximum Gasteiger partial charge on any atom is 0.129 e. The second-order valence-corrected chi connectivity index (χ2v) is 5.25. The van der Waals surface area contributed by atoms with Gasteiger partial charge in [0.15, 0.2) is 0 Å². The molecule has 0 unspecified atom stereocenters. The lowest BCUT2D eigenvalue weighted by molar-refractivity contribution is 0.296. The second kappa shape index (κ2) is 8.01. The summed E-state index contributed by atoms with van der Waals surface area (Å²) in [5.74, 6) is 0.460. The van der Waals surface area contributed by atoms with Crippen molar-refractivity contribution in [2.45, 2.75) is 26.5 Å². The molecule has 4 heteroatoms. The molecule has 0 aliphatic heterocycles. The van der Waals surface area contributed by atoms with Gasteiger partial charge in [0, 0.05) is 22.7 Å². The molecule has 0 aliphatic rings. The standard InChI is InChI=1S/C17H19ClFNO/c1-2-9-20-11-13-5-3-4-6-17(13)21-12-14-10-15(18)7-8-16(14)19/h3-8,10,20H,2,9,11-12H2,1H3. The van der Waals surface area contributed by atoms with Crippen LogP contribution in [0.25, 0.3) is 0 Å². The Morgan fingerprint density at radius 1 is 1.14 bits per heavy atom. The third kappa shape index (κ3) is 4.73. The quantitative estimate of drug-likeness (QED) is 0.757. The topological polar surface area (TPSA) is 21.3 Å². The molecule has 21 heavy (non-hydrogen) atoms. The first-order valence-electron chi connectivity index (χ1n) is 7.06. The highest BCUT2D eigenvalue weighted by molar-refractivity contribution is 6.30. The van der Waals surface area contributed by atoms with E-state index in [9.17, 15) is 4.39 Å². The Labute approximate surface area is 129 Å². The van der Waals surface area contributed by atoms with Gasteiger partial charge in [-0.05, 0) is 37.2 Å². The number of hydrogen-bond donors (Lipinski definition) is 1. The highest BCUT2D eigenvalue weighted by Gasteiger charge is 2.07. The molecule has 2 nitrogen and oxygen atoms in total. The minimum absolute atomic E-state index is 0.164. The van der Waals surface area contributed by atoms with E-state index in [0.29, 0.717) is 10.6 Å². The van der Waals surface area contributed by atoms with Crippen molar-refractivity contribution < 1.29 is 9.13 Å². The lowest BCUT2D eigenvalue weighted by atomic mass is 10.2. The fourth-order valence-electron chi connectivity index (χ4n) is 2.00. The Kier molecular flexibility index (Phi) is 6.03. The van der Waals surface area contributed by atoms with Gasteiger partial charge in [-0.1, -0.05) is 36.7 Å². The molecule has 0 spiro atoms. The predicted molar refractivity (Wildman–Crippen MR) is 84.2 cm³/mol. The van der Waals surface area contributed by atoms with Crippen molar-refractivity contribution in [1.29, 1.82) is 0 Å². The summed E-state index contributed by atoms with van der Waals surface area (Å²) in [6.07, 6.45) is 1.08. The van der Waals surface area contributed by atoms with Gasteiger partial charge < -0.3 is 10.1 Å². The third-order valence-electron chi connectivity index (χ3n) is 3.11. The molecule has 0 radical (unpaired) electrons. The van der Waals surface area contributed by atoms with Crippen molar-refractivity contribution in [2.75, 3.05) is 6.54 Å². The Balaban J connectivity index is 2.04.